The molecule has 2 rings (SSSR count). The van der Waals surface area contributed by atoms with Crippen LogP contribution in [0.5, 0.6) is 0 Å². The number of carbonyl (C=O) groups is 2. The van der Waals surface area contributed by atoms with Gasteiger partial charge in [0.25, 0.3) is 5.91 Å². The summed E-state index contributed by atoms with van der Waals surface area (Å²) in [7, 11) is 3.77. The molecule has 0 aliphatic carbocycles. The number of esters is 1. The lowest BCUT2D eigenvalue weighted by Crippen LogP contribution is -2.21. The van der Waals surface area contributed by atoms with Gasteiger partial charge in [0.05, 0.1) is 0 Å². The normalized spacial score (nSPS) is 10.8. The van der Waals surface area contributed by atoms with Crippen molar-refractivity contribution in [3.63, 3.8) is 0 Å². The minimum Gasteiger partial charge on any atom is -0.451 e. The fraction of sp³-hybridized carbons (Fsp3) is 0.150. The van der Waals surface area contributed by atoms with Crippen LogP contribution in [0.2, 0.25) is 0 Å². The van der Waals surface area contributed by atoms with Crippen molar-refractivity contribution in [1.82, 2.24) is 0 Å². The number of nitrogens with one attached hydrogen (secondary N) is 1. The Balaban J connectivity index is 1.96. The van der Waals surface area contributed by atoms with E-state index >= 15 is 0 Å². The van der Waals surface area contributed by atoms with E-state index in [-0.39, 0.29) is 11.3 Å². The highest BCUT2D eigenvalue weighted by molar-refractivity contribution is 6.00. The van der Waals surface area contributed by atoms with E-state index in [1.165, 1.54) is 6.08 Å². The van der Waals surface area contributed by atoms with Crippen LogP contribution in [-0.2, 0) is 14.3 Å². The molecule has 0 fully saturated rings. The van der Waals surface area contributed by atoms with Crippen molar-refractivity contribution in [2.75, 3.05) is 30.9 Å². The number of halogens is 2. The van der Waals surface area contributed by atoms with Crippen molar-refractivity contribution in [3.8, 4) is 6.07 Å². The van der Waals surface area contributed by atoms with Crippen LogP contribution in [0.25, 0.3) is 6.08 Å². The van der Waals surface area contributed by atoms with Crippen molar-refractivity contribution >= 4 is 29.3 Å². The van der Waals surface area contributed by atoms with Gasteiger partial charge in [0.2, 0.25) is 0 Å². The largest absolute Gasteiger partial charge is 0.451 e. The molecule has 2 aromatic rings. The second-order valence-corrected chi connectivity index (χ2v) is 5.91. The molecular formula is C20H17F2N3O3. The smallest absolute Gasteiger partial charge is 0.349 e. The maximum absolute atomic E-state index is 13.1. The first-order valence-electron chi connectivity index (χ1n) is 8.11. The van der Waals surface area contributed by atoms with Crippen molar-refractivity contribution in [3.05, 3.63) is 65.2 Å². The summed E-state index contributed by atoms with van der Waals surface area (Å²) in [5.41, 5.74) is 1.30. The van der Waals surface area contributed by atoms with E-state index in [0.717, 1.165) is 23.9 Å². The summed E-state index contributed by atoms with van der Waals surface area (Å²) in [4.78, 5) is 25.7. The monoisotopic (exact) mass is 385 g/mol. The van der Waals surface area contributed by atoms with Gasteiger partial charge in [-0.3, -0.25) is 4.79 Å². The van der Waals surface area contributed by atoms with Crippen LogP contribution in [0.3, 0.4) is 0 Å². The zero-order valence-electron chi connectivity index (χ0n) is 15.2. The number of benzene rings is 2. The Kier molecular flexibility index (Phi) is 6.82. The molecule has 0 aliphatic rings. The van der Waals surface area contributed by atoms with Gasteiger partial charge < -0.3 is 15.0 Å². The second kappa shape index (κ2) is 9.28. The standard InChI is InChI=1S/C20H17F2N3O3/c1-25(2)16-6-3-13(4-7-16)9-14(11-23)20(27)28-12-19(26)24-15-5-8-17(21)18(22)10-15/h3-10H,12H2,1-2H3,(H,24,26)/b14-9+. The van der Waals surface area contributed by atoms with Gasteiger partial charge in [0.15, 0.2) is 18.2 Å². The lowest BCUT2D eigenvalue weighted by Gasteiger charge is -2.11. The molecule has 0 atom stereocenters. The molecule has 0 aliphatic heterocycles. The number of hydrogen-bond acceptors (Lipinski definition) is 5. The molecule has 0 aromatic heterocycles. The Labute approximate surface area is 160 Å². The van der Waals surface area contributed by atoms with Crippen LogP contribution in [0.4, 0.5) is 20.2 Å². The average molecular weight is 385 g/mol. The molecule has 144 valence electrons. The van der Waals surface area contributed by atoms with Gasteiger partial charge in [0.1, 0.15) is 11.6 Å². The number of anilines is 2. The Bertz CT molecular complexity index is 948. The first-order valence-corrected chi connectivity index (χ1v) is 8.11. The summed E-state index contributed by atoms with van der Waals surface area (Å²) in [6.07, 6.45) is 1.34. The number of rotatable bonds is 6. The SMILES string of the molecule is CN(C)c1ccc(/C=C(\C#N)C(=O)OCC(=O)Nc2ccc(F)c(F)c2)cc1. The van der Waals surface area contributed by atoms with E-state index in [1.54, 1.807) is 18.2 Å². The van der Waals surface area contributed by atoms with Gasteiger partial charge in [-0.05, 0) is 35.9 Å². The molecule has 1 N–H and O–H groups in total. The van der Waals surface area contributed by atoms with E-state index in [2.05, 4.69) is 5.32 Å². The van der Waals surface area contributed by atoms with Crippen LogP contribution < -0.4 is 10.2 Å². The highest BCUT2D eigenvalue weighted by atomic mass is 19.2. The molecule has 0 unspecified atom stereocenters. The molecule has 0 saturated carbocycles. The molecule has 8 heteroatoms. The van der Waals surface area contributed by atoms with Crippen molar-refractivity contribution in [1.29, 1.82) is 5.26 Å². The quantitative estimate of drug-likeness (QED) is 0.469. The molecule has 0 spiro atoms. The van der Waals surface area contributed by atoms with E-state index in [4.69, 9.17) is 10.00 Å². The first kappa shape index (κ1) is 20.6. The Morgan fingerprint density at radius 1 is 1.14 bits per heavy atom. The molecule has 6 nitrogen and oxygen atoms in total. The van der Waals surface area contributed by atoms with Gasteiger partial charge in [-0.1, -0.05) is 12.1 Å². The summed E-state index contributed by atoms with van der Waals surface area (Å²) in [6, 6.07) is 11.7. The number of hydrogen-bond donors (Lipinski definition) is 1. The molecule has 1 amide bonds. The van der Waals surface area contributed by atoms with Crippen LogP contribution in [0.1, 0.15) is 5.56 Å². The lowest BCUT2D eigenvalue weighted by molar-refractivity contribution is -0.142. The minimum atomic E-state index is -1.12. The summed E-state index contributed by atoms with van der Waals surface area (Å²) in [5, 5.41) is 11.4. The molecular weight excluding hydrogens is 368 g/mol. The van der Waals surface area contributed by atoms with E-state index in [1.807, 2.05) is 31.1 Å². The highest BCUT2D eigenvalue weighted by Gasteiger charge is 2.14. The van der Waals surface area contributed by atoms with Crippen molar-refractivity contribution in [2.24, 2.45) is 0 Å². The zero-order valence-corrected chi connectivity index (χ0v) is 15.2. The van der Waals surface area contributed by atoms with Gasteiger partial charge in [-0.25, -0.2) is 13.6 Å². The average Bonchev–Trinajstić information content (AvgIpc) is 2.67. The fourth-order valence-electron chi connectivity index (χ4n) is 2.15. The van der Waals surface area contributed by atoms with Gasteiger partial charge in [-0.15, -0.1) is 0 Å². The van der Waals surface area contributed by atoms with Gasteiger partial charge in [0, 0.05) is 31.5 Å². The van der Waals surface area contributed by atoms with Crippen LogP contribution in [-0.4, -0.2) is 32.6 Å². The highest BCUT2D eigenvalue weighted by Crippen LogP contribution is 2.15. The van der Waals surface area contributed by atoms with Crippen LogP contribution in [0.15, 0.2) is 48.0 Å². The number of carbonyl (C=O) groups excluding carboxylic acids is 2. The predicted molar refractivity (Wildman–Crippen MR) is 100 cm³/mol. The summed E-state index contributed by atoms with van der Waals surface area (Å²) in [5.74, 6) is -3.90. The third kappa shape index (κ3) is 5.64. The molecule has 2 aromatic carbocycles. The second-order valence-electron chi connectivity index (χ2n) is 5.91. The summed E-state index contributed by atoms with van der Waals surface area (Å²) < 4.78 is 30.8. The molecule has 28 heavy (non-hydrogen) atoms. The summed E-state index contributed by atoms with van der Waals surface area (Å²) in [6.45, 7) is -0.684. The Morgan fingerprint density at radius 2 is 1.82 bits per heavy atom. The first-order chi connectivity index (χ1) is 13.3. The zero-order chi connectivity index (χ0) is 20.7. The predicted octanol–water partition coefficient (Wildman–Crippen LogP) is 3.12. The van der Waals surface area contributed by atoms with Crippen LogP contribution >= 0.6 is 0 Å². The van der Waals surface area contributed by atoms with Crippen molar-refractivity contribution in [2.45, 2.75) is 0 Å². The third-order valence-corrected chi connectivity index (χ3v) is 3.60. The Hall–Kier alpha value is -3.73. The molecule has 0 radical (unpaired) electrons. The lowest BCUT2D eigenvalue weighted by atomic mass is 10.1. The van der Waals surface area contributed by atoms with Gasteiger partial charge >= 0.3 is 5.97 Å². The number of nitrogens with zero attached hydrogens (tertiary/aromatic N) is 2. The maximum atomic E-state index is 13.1. The topological polar surface area (TPSA) is 82.4 Å². The van der Waals surface area contributed by atoms with E-state index in [0.29, 0.717) is 5.56 Å². The molecule has 0 bridgehead atoms. The van der Waals surface area contributed by atoms with E-state index in [9.17, 15) is 18.4 Å². The summed E-state index contributed by atoms with van der Waals surface area (Å²) >= 11 is 0. The fourth-order valence-corrected chi connectivity index (χ4v) is 2.15. The number of ether oxygens (including phenoxy) is 1. The number of amides is 1. The maximum Gasteiger partial charge on any atom is 0.349 e. The number of nitriles is 1. The Morgan fingerprint density at radius 3 is 2.39 bits per heavy atom. The van der Waals surface area contributed by atoms with Crippen molar-refractivity contribution < 1.29 is 23.1 Å². The minimum absolute atomic E-state index is 0.0111. The van der Waals surface area contributed by atoms with Gasteiger partial charge in [-0.2, -0.15) is 5.26 Å². The van der Waals surface area contributed by atoms with Crippen LogP contribution in [0, 0.1) is 23.0 Å². The molecule has 0 heterocycles. The molecule has 0 saturated heterocycles. The third-order valence-electron chi connectivity index (χ3n) is 3.60. The van der Waals surface area contributed by atoms with E-state index < -0.39 is 30.1 Å².